The van der Waals surface area contributed by atoms with Gasteiger partial charge in [0.2, 0.25) is 5.91 Å². The summed E-state index contributed by atoms with van der Waals surface area (Å²) in [5, 5.41) is 3.42. The third kappa shape index (κ3) is 3.93. The average Bonchev–Trinajstić information content (AvgIpc) is 2.49. The highest BCUT2D eigenvalue weighted by atomic mass is 35.5. The molecular weight excluding hydrogens is 325 g/mol. The summed E-state index contributed by atoms with van der Waals surface area (Å²) in [6, 6.07) is 4.16. The molecule has 7 heteroatoms. The van der Waals surface area contributed by atoms with E-state index in [1.54, 1.807) is 17.9 Å². The second-order valence-corrected chi connectivity index (χ2v) is 5.94. The molecule has 1 heterocycles. The minimum atomic E-state index is -0.704. The van der Waals surface area contributed by atoms with Gasteiger partial charge in [0.15, 0.2) is 0 Å². The smallest absolute Gasteiger partial charge is 0.312 e. The number of hydrogen-bond donors (Lipinski definition) is 2. The summed E-state index contributed by atoms with van der Waals surface area (Å²) < 4.78 is 0. The minimum Gasteiger partial charge on any atom is -0.352 e. The van der Waals surface area contributed by atoms with Crippen molar-refractivity contribution in [1.29, 1.82) is 0 Å². The van der Waals surface area contributed by atoms with Crippen LogP contribution in [0.1, 0.15) is 18.9 Å². The van der Waals surface area contributed by atoms with Crippen molar-refractivity contribution in [2.24, 2.45) is 5.73 Å². The van der Waals surface area contributed by atoms with Crippen LogP contribution in [-0.4, -0.2) is 36.0 Å². The Kier molecular flexibility index (Phi) is 5.32. The van der Waals surface area contributed by atoms with Gasteiger partial charge in [-0.25, -0.2) is 4.79 Å². The van der Waals surface area contributed by atoms with Crippen molar-refractivity contribution in [2.75, 3.05) is 13.1 Å². The highest BCUT2D eigenvalue weighted by Crippen LogP contribution is 2.29. The quantitative estimate of drug-likeness (QED) is 0.886. The molecule has 0 aromatic heterocycles. The maximum Gasteiger partial charge on any atom is 0.312 e. The van der Waals surface area contributed by atoms with Gasteiger partial charge in [-0.2, -0.15) is 0 Å². The molecule has 1 aromatic carbocycles. The molecule has 3 N–H and O–H groups in total. The topological polar surface area (TPSA) is 75.4 Å². The Bertz CT molecular complexity index is 631. The maximum absolute atomic E-state index is 12.2. The molecule has 1 aromatic rings. The van der Waals surface area contributed by atoms with Crippen molar-refractivity contribution in [2.45, 2.75) is 19.4 Å². The lowest BCUT2D eigenvalue weighted by atomic mass is 9.99. The van der Waals surface area contributed by atoms with E-state index in [0.717, 1.165) is 11.1 Å². The van der Waals surface area contributed by atoms with Crippen molar-refractivity contribution in [3.05, 3.63) is 39.9 Å². The van der Waals surface area contributed by atoms with Crippen LogP contribution in [0.3, 0.4) is 0 Å². The van der Waals surface area contributed by atoms with Gasteiger partial charge in [-0.15, -0.1) is 0 Å². The van der Waals surface area contributed by atoms with Gasteiger partial charge in [-0.1, -0.05) is 35.3 Å². The van der Waals surface area contributed by atoms with E-state index in [9.17, 15) is 9.59 Å². The van der Waals surface area contributed by atoms with Gasteiger partial charge in [0.25, 0.3) is 0 Å². The number of rotatable bonds is 3. The number of primary amides is 1. The minimum absolute atomic E-state index is 0.150. The Hall–Kier alpha value is -1.72. The first-order valence-electron chi connectivity index (χ1n) is 6.87. The van der Waals surface area contributed by atoms with Gasteiger partial charge < -0.3 is 16.0 Å². The molecule has 0 fully saturated rings. The number of urea groups is 1. The van der Waals surface area contributed by atoms with E-state index in [0.29, 0.717) is 29.6 Å². The SMILES string of the molecule is C[C@H](NC(N)=O)C(=O)N1CC=C(c2ccc(Cl)c(Cl)c2)CC1. The van der Waals surface area contributed by atoms with E-state index in [1.807, 2.05) is 18.2 Å². The number of nitrogens with zero attached hydrogens (tertiary/aromatic N) is 1. The highest BCUT2D eigenvalue weighted by Gasteiger charge is 2.23. The van der Waals surface area contributed by atoms with Crippen molar-refractivity contribution in [3.8, 4) is 0 Å². The van der Waals surface area contributed by atoms with Crippen LogP contribution in [0.15, 0.2) is 24.3 Å². The molecule has 0 saturated heterocycles. The zero-order valence-electron chi connectivity index (χ0n) is 12.1. The summed E-state index contributed by atoms with van der Waals surface area (Å²) >= 11 is 11.9. The summed E-state index contributed by atoms with van der Waals surface area (Å²) in [4.78, 5) is 24.6. The largest absolute Gasteiger partial charge is 0.352 e. The summed E-state index contributed by atoms with van der Waals surface area (Å²) in [5.74, 6) is -0.150. The van der Waals surface area contributed by atoms with E-state index in [4.69, 9.17) is 28.9 Å². The van der Waals surface area contributed by atoms with Crippen LogP contribution in [0.4, 0.5) is 4.79 Å². The summed E-state index contributed by atoms with van der Waals surface area (Å²) in [5.41, 5.74) is 7.16. The highest BCUT2D eigenvalue weighted by molar-refractivity contribution is 6.42. The number of halogens is 2. The van der Waals surface area contributed by atoms with Gasteiger partial charge >= 0.3 is 6.03 Å². The molecule has 5 nitrogen and oxygen atoms in total. The molecule has 0 bridgehead atoms. The van der Waals surface area contributed by atoms with Gasteiger partial charge in [0.05, 0.1) is 10.0 Å². The van der Waals surface area contributed by atoms with Crippen LogP contribution in [0, 0.1) is 0 Å². The van der Waals surface area contributed by atoms with E-state index >= 15 is 0 Å². The molecule has 22 heavy (non-hydrogen) atoms. The molecule has 0 unspecified atom stereocenters. The molecule has 0 spiro atoms. The Morgan fingerprint density at radius 3 is 2.59 bits per heavy atom. The lowest BCUT2D eigenvalue weighted by Gasteiger charge is -2.29. The van der Waals surface area contributed by atoms with Gasteiger partial charge in [0.1, 0.15) is 6.04 Å². The van der Waals surface area contributed by atoms with Crippen LogP contribution in [0.2, 0.25) is 10.0 Å². The summed E-state index contributed by atoms with van der Waals surface area (Å²) in [7, 11) is 0. The second kappa shape index (κ2) is 7.03. The average molecular weight is 342 g/mol. The lowest BCUT2D eigenvalue weighted by Crippen LogP contribution is -2.49. The molecule has 1 aliphatic heterocycles. The standard InChI is InChI=1S/C15H17Cl2N3O2/c1-9(19-15(18)22)14(21)20-6-4-10(5-7-20)11-2-3-12(16)13(17)8-11/h2-4,8-9H,5-7H2,1H3,(H3,18,19,22)/t9-/m0/s1. The predicted molar refractivity (Wildman–Crippen MR) is 87.8 cm³/mol. The molecule has 0 radical (unpaired) electrons. The third-order valence-electron chi connectivity index (χ3n) is 3.54. The lowest BCUT2D eigenvalue weighted by molar-refractivity contribution is -0.132. The van der Waals surface area contributed by atoms with Gasteiger partial charge in [0, 0.05) is 13.1 Å². The molecule has 2 rings (SSSR count). The molecule has 0 aliphatic carbocycles. The molecule has 1 aliphatic rings. The Morgan fingerprint density at radius 1 is 1.32 bits per heavy atom. The van der Waals surface area contributed by atoms with Crippen LogP contribution in [-0.2, 0) is 4.79 Å². The van der Waals surface area contributed by atoms with E-state index in [1.165, 1.54) is 0 Å². The predicted octanol–water partition coefficient (Wildman–Crippen LogP) is 2.67. The first-order chi connectivity index (χ1) is 10.4. The molecule has 3 amide bonds. The fraction of sp³-hybridized carbons (Fsp3) is 0.333. The number of benzene rings is 1. The molecular formula is C15H17Cl2N3O2. The van der Waals surface area contributed by atoms with Crippen molar-refractivity contribution in [3.63, 3.8) is 0 Å². The molecule has 118 valence electrons. The monoisotopic (exact) mass is 341 g/mol. The third-order valence-corrected chi connectivity index (χ3v) is 4.28. The first-order valence-corrected chi connectivity index (χ1v) is 7.63. The fourth-order valence-corrected chi connectivity index (χ4v) is 2.67. The fourth-order valence-electron chi connectivity index (χ4n) is 2.38. The van der Waals surface area contributed by atoms with Crippen LogP contribution < -0.4 is 11.1 Å². The zero-order valence-corrected chi connectivity index (χ0v) is 13.6. The van der Waals surface area contributed by atoms with Gasteiger partial charge in [-0.05, 0) is 36.6 Å². The summed E-state index contributed by atoms with van der Waals surface area (Å²) in [6.07, 6.45) is 2.70. The number of nitrogens with two attached hydrogens (primary N) is 1. The van der Waals surface area contributed by atoms with Crippen LogP contribution in [0.25, 0.3) is 5.57 Å². The molecule has 1 atom stereocenters. The Balaban J connectivity index is 2.04. The van der Waals surface area contributed by atoms with E-state index in [2.05, 4.69) is 5.32 Å². The second-order valence-electron chi connectivity index (χ2n) is 5.12. The molecule has 0 saturated carbocycles. The number of hydrogen-bond acceptors (Lipinski definition) is 2. The summed E-state index contributed by atoms with van der Waals surface area (Å²) in [6.45, 7) is 2.68. The Labute approximate surface area is 139 Å². The normalized spacial score (nSPS) is 16.0. The Morgan fingerprint density at radius 2 is 2.05 bits per heavy atom. The van der Waals surface area contributed by atoms with Crippen molar-refractivity contribution >= 4 is 40.7 Å². The first kappa shape index (κ1) is 16.6. The van der Waals surface area contributed by atoms with Gasteiger partial charge in [-0.3, -0.25) is 4.79 Å². The van der Waals surface area contributed by atoms with Crippen LogP contribution >= 0.6 is 23.2 Å². The van der Waals surface area contributed by atoms with Crippen molar-refractivity contribution in [1.82, 2.24) is 10.2 Å². The van der Waals surface area contributed by atoms with Crippen molar-refractivity contribution < 1.29 is 9.59 Å². The van der Waals surface area contributed by atoms with E-state index in [-0.39, 0.29) is 5.91 Å². The van der Waals surface area contributed by atoms with E-state index < -0.39 is 12.1 Å². The number of amides is 3. The number of carbonyl (C=O) groups is 2. The maximum atomic E-state index is 12.2. The van der Waals surface area contributed by atoms with Crippen LogP contribution in [0.5, 0.6) is 0 Å². The zero-order chi connectivity index (χ0) is 16.3. The number of nitrogens with one attached hydrogen (secondary N) is 1. The number of carbonyl (C=O) groups excluding carboxylic acids is 2.